The molecule has 0 spiro atoms. The fourth-order valence-corrected chi connectivity index (χ4v) is 1.71. The van der Waals surface area contributed by atoms with Crippen molar-refractivity contribution in [2.75, 3.05) is 5.32 Å². The third kappa shape index (κ3) is 2.35. The monoisotopic (exact) mass is 274 g/mol. The zero-order valence-corrected chi connectivity index (χ0v) is 10.2. The van der Waals surface area contributed by atoms with Gasteiger partial charge in [-0.2, -0.15) is 0 Å². The van der Waals surface area contributed by atoms with Crippen LogP contribution in [0.4, 0.5) is 5.82 Å². The van der Waals surface area contributed by atoms with Gasteiger partial charge in [-0.25, -0.2) is 14.8 Å². The molecule has 1 aliphatic carbocycles. The standard InChI is InChI=1S/C12H10N4O4/c17-11(7-5-8(20-16-7)6-1-2-6)15-10-9(12(18)19)13-3-4-14-10/h3-6H,1-2H2,(H,18,19)(H,14,15,17). The summed E-state index contributed by atoms with van der Waals surface area (Å²) in [7, 11) is 0. The largest absolute Gasteiger partial charge is 0.476 e. The highest BCUT2D eigenvalue weighted by atomic mass is 16.5. The summed E-state index contributed by atoms with van der Waals surface area (Å²) >= 11 is 0. The smallest absolute Gasteiger partial charge is 0.358 e. The van der Waals surface area contributed by atoms with Crippen molar-refractivity contribution in [2.45, 2.75) is 18.8 Å². The molecule has 1 aliphatic rings. The highest BCUT2D eigenvalue weighted by Gasteiger charge is 2.29. The zero-order valence-electron chi connectivity index (χ0n) is 10.2. The number of amides is 1. The average molecular weight is 274 g/mol. The van der Waals surface area contributed by atoms with E-state index in [-0.39, 0.29) is 17.2 Å². The molecule has 2 heterocycles. The molecule has 2 aromatic heterocycles. The Morgan fingerprint density at radius 1 is 1.30 bits per heavy atom. The lowest BCUT2D eigenvalue weighted by Gasteiger charge is -2.03. The molecule has 0 saturated heterocycles. The maximum Gasteiger partial charge on any atom is 0.358 e. The first-order valence-electron chi connectivity index (χ1n) is 5.97. The molecule has 2 N–H and O–H groups in total. The maximum absolute atomic E-state index is 12.0. The van der Waals surface area contributed by atoms with Crippen LogP contribution in [0.15, 0.2) is 23.0 Å². The Bertz CT molecular complexity index is 678. The van der Waals surface area contributed by atoms with Crippen LogP contribution in [0, 0.1) is 0 Å². The third-order valence-electron chi connectivity index (χ3n) is 2.87. The number of hydrogen-bond donors (Lipinski definition) is 2. The highest BCUT2D eigenvalue weighted by Crippen LogP contribution is 2.40. The van der Waals surface area contributed by atoms with Crippen LogP contribution in [-0.2, 0) is 0 Å². The van der Waals surface area contributed by atoms with E-state index in [4.69, 9.17) is 9.63 Å². The molecule has 0 radical (unpaired) electrons. The van der Waals surface area contributed by atoms with E-state index < -0.39 is 11.9 Å². The Balaban J connectivity index is 1.79. The summed E-state index contributed by atoms with van der Waals surface area (Å²) in [5.74, 6) is -0.959. The molecule has 0 unspecified atom stereocenters. The minimum Gasteiger partial charge on any atom is -0.476 e. The second-order valence-corrected chi connectivity index (χ2v) is 4.40. The van der Waals surface area contributed by atoms with Crippen LogP contribution in [0.5, 0.6) is 0 Å². The molecule has 20 heavy (non-hydrogen) atoms. The average Bonchev–Trinajstić information content (AvgIpc) is 3.16. The van der Waals surface area contributed by atoms with Gasteiger partial charge in [-0.15, -0.1) is 0 Å². The van der Waals surface area contributed by atoms with Gasteiger partial charge < -0.3 is 14.9 Å². The first-order chi connectivity index (χ1) is 9.65. The van der Waals surface area contributed by atoms with Crippen molar-refractivity contribution in [3.63, 3.8) is 0 Å². The molecule has 8 nitrogen and oxygen atoms in total. The summed E-state index contributed by atoms with van der Waals surface area (Å²) in [5, 5.41) is 15.0. The minimum absolute atomic E-state index is 0.0916. The number of anilines is 1. The molecule has 1 saturated carbocycles. The number of aromatic nitrogens is 3. The molecule has 0 aliphatic heterocycles. The Labute approximate surface area is 112 Å². The molecule has 0 bridgehead atoms. The third-order valence-corrected chi connectivity index (χ3v) is 2.87. The predicted octanol–water partition coefficient (Wildman–Crippen LogP) is 1.29. The lowest BCUT2D eigenvalue weighted by molar-refractivity contribution is 0.0691. The number of carbonyl (C=O) groups excluding carboxylic acids is 1. The van der Waals surface area contributed by atoms with Crippen LogP contribution in [0.3, 0.4) is 0 Å². The normalized spacial score (nSPS) is 14.0. The zero-order chi connectivity index (χ0) is 14.1. The Hall–Kier alpha value is -2.77. The highest BCUT2D eigenvalue weighted by molar-refractivity contribution is 6.05. The maximum atomic E-state index is 12.0. The first kappa shape index (κ1) is 12.3. The van der Waals surface area contributed by atoms with Gasteiger partial charge in [0.05, 0.1) is 0 Å². The molecular weight excluding hydrogens is 264 g/mol. The van der Waals surface area contributed by atoms with E-state index in [1.165, 1.54) is 12.4 Å². The number of carboxylic acid groups (broad SMARTS) is 1. The number of carboxylic acids is 1. The number of nitrogens with one attached hydrogen (secondary N) is 1. The lowest BCUT2D eigenvalue weighted by atomic mass is 10.3. The number of hydrogen-bond acceptors (Lipinski definition) is 6. The van der Waals surface area contributed by atoms with Gasteiger partial charge in [0.15, 0.2) is 17.2 Å². The molecule has 2 aromatic rings. The van der Waals surface area contributed by atoms with Crippen molar-refractivity contribution in [1.29, 1.82) is 0 Å². The van der Waals surface area contributed by atoms with Crippen molar-refractivity contribution in [3.05, 3.63) is 35.6 Å². The molecule has 8 heteroatoms. The second-order valence-electron chi connectivity index (χ2n) is 4.40. The molecule has 1 amide bonds. The molecular formula is C12H10N4O4. The molecule has 0 aromatic carbocycles. The summed E-state index contributed by atoms with van der Waals surface area (Å²) in [5.41, 5.74) is -0.236. The van der Waals surface area contributed by atoms with Crippen LogP contribution in [0.1, 0.15) is 45.5 Å². The van der Waals surface area contributed by atoms with Crippen LogP contribution in [-0.4, -0.2) is 32.1 Å². The Morgan fingerprint density at radius 3 is 2.75 bits per heavy atom. The summed E-state index contributed by atoms with van der Waals surface area (Å²) in [4.78, 5) is 30.3. The SMILES string of the molecule is O=C(Nc1nccnc1C(=O)O)c1cc(C2CC2)on1. The number of rotatable bonds is 4. The van der Waals surface area contributed by atoms with Crippen LogP contribution < -0.4 is 5.32 Å². The number of aromatic carboxylic acids is 1. The topological polar surface area (TPSA) is 118 Å². The van der Waals surface area contributed by atoms with E-state index in [2.05, 4.69) is 20.4 Å². The van der Waals surface area contributed by atoms with Gasteiger partial charge in [0.2, 0.25) is 0 Å². The van der Waals surface area contributed by atoms with E-state index >= 15 is 0 Å². The fourth-order valence-electron chi connectivity index (χ4n) is 1.71. The van der Waals surface area contributed by atoms with Crippen molar-refractivity contribution in [1.82, 2.24) is 15.1 Å². The second kappa shape index (κ2) is 4.72. The van der Waals surface area contributed by atoms with Crippen molar-refractivity contribution in [2.24, 2.45) is 0 Å². The fraction of sp³-hybridized carbons (Fsp3) is 0.250. The number of nitrogens with zero attached hydrogens (tertiary/aromatic N) is 3. The minimum atomic E-state index is -1.27. The van der Waals surface area contributed by atoms with Crippen LogP contribution in [0.2, 0.25) is 0 Å². The van der Waals surface area contributed by atoms with Crippen molar-refractivity contribution < 1.29 is 19.2 Å². The van der Waals surface area contributed by atoms with E-state index in [0.29, 0.717) is 11.7 Å². The van der Waals surface area contributed by atoms with Crippen molar-refractivity contribution >= 4 is 17.7 Å². The molecule has 3 rings (SSSR count). The van der Waals surface area contributed by atoms with Crippen molar-refractivity contribution in [3.8, 4) is 0 Å². The molecule has 102 valence electrons. The van der Waals surface area contributed by atoms with Gasteiger partial charge in [-0.05, 0) is 12.8 Å². The predicted molar refractivity (Wildman–Crippen MR) is 65.4 cm³/mol. The summed E-state index contributed by atoms with van der Waals surface area (Å²) < 4.78 is 5.06. The first-order valence-corrected chi connectivity index (χ1v) is 5.97. The molecule has 0 atom stereocenters. The summed E-state index contributed by atoms with van der Waals surface area (Å²) in [6, 6.07) is 1.56. The summed E-state index contributed by atoms with van der Waals surface area (Å²) in [6.07, 6.45) is 4.59. The van der Waals surface area contributed by atoms with Gasteiger partial charge in [-0.3, -0.25) is 4.79 Å². The van der Waals surface area contributed by atoms with Gasteiger partial charge in [-0.1, -0.05) is 5.16 Å². The Morgan fingerprint density at radius 2 is 2.05 bits per heavy atom. The summed E-state index contributed by atoms with van der Waals surface area (Å²) in [6.45, 7) is 0. The van der Waals surface area contributed by atoms with Crippen LogP contribution >= 0.6 is 0 Å². The van der Waals surface area contributed by atoms with Gasteiger partial charge in [0.25, 0.3) is 5.91 Å². The van der Waals surface area contributed by atoms with E-state index in [1.807, 2.05) is 0 Å². The quantitative estimate of drug-likeness (QED) is 0.862. The Kier molecular flexibility index (Phi) is 2.90. The van der Waals surface area contributed by atoms with Gasteiger partial charge in [0, 0.05) is 24.4 Å². The molecule has 1 fully saturated rings. The number of carbonyl (C=O) groups is 2. The van der Waals surface area contributed by atoms with E-state index in [9.17, 15) is 9.59 Å². The van der Waals surface area contributed by atoms with E-state index in [0.717, 1.165) is 12.8 Å². The van der Waals surface area contributed by atoms with E-state index in [1.54, 1.807) is 6.07 Å². The van der Waals surface area contributed by atoms with Gasteiger partial charge in [0.1, 0.15) is 5.76 Å². The van der Waals surface area contributed by atoms with Gasteiger partial charge >= 0.3 is 5.97 Å². The van der Waals surface area contributed by atoms with Crippen LogP contribution in [0.25, 0.3) is 0 Å². The lowest BCUT2D eigenvalue weighted by Crippen LogP contribution is -2.17.